The lowest BCUT2D eigenvalue weighted by molar-refractivity contribution is -0.129. The summed E-state index contributed by atoms with van der Waals surface area (Å²) in [4.78, 5) is 25.7. The number of Topliss-reactive ketones (excluding diaryl/α,β-unsaturated/α-hetero) is 1. The van der Waals surface area contributed by atoms with Gasteiger partial charge in [-0.1, -0.05) is 60.7 Å². The molecule has 0 aliphatic rings. The molecule has 0 aliphatic heterocycles. The van der Waals surface area contributed by atoms with Crippen molar-refractivity contribution < 1.29 is 19.4 Å². The van der Waals surface area contributed by atoms with Crippen LogP contribution in [0.25, 0.3) is 11.3 Å². The first kappa shape index (κ1) is 26.1. The van der Waals surface area contributed by atoms with E-state index in [0.717, 1.165) is 34.9 Å². The van der Waals surface area contributed by atoms with Crippen LogP contribution in [0.4, 0.5) is 0 Å². The molecule has 0 amide bonds. The number of benzene rings is 3. The van der Waals surface area contributed by atoms with Crippen LogP contribution in [0.5, 0.6) is 11.5 Å². The molecule has 0 saturated carbocycles. The van der Waals surface area contributed by atoms with Crippen molar-refractivity contribution in [3.8, 4) is 11.5 Å². The van der Waals surface area contributed by atoms with Crippen molar-refractivity contribution in [1.82, 2.24) is 5.32 Å². The largest absolute Gasteiger partial charge is 0.477 e. The lowest BCUT2D eigenvalue weighted by atomic mass is 9.96. The molecule has 6 heteroatoms. The number of aliphatic carboxylic acids is 1. The minimum Gasteiger partial charge on any atom is -0.477 e. The SMILES string of the molecule is CCN/C(=C(\C(C)=O)c1ccc(Oc2ccccc2)cc1)c1ccccc1.CN=C(C)C(=O)O. The van der Waals surface area contributed by atoms with E-state index < -0.39 is 5.97 Å². The fraction of sp³-hybridized carbons (Fsp3) is 0.179. The van der Waals surface area contributed by atoms with Gasteiger partial charge in [-0.2, -0.15) is 0 Å². The van der Waals surface area contributed by atoms with Gasteiger partial charge in [0.05, 0.1) is 5.70 Å². The summed E-state index contributed by atoms with van der Waals surface area (Å²) in [5.74, 6) is 0.580. The molecule has 3 aromatic rings. The quantitative estimate of drug-likeness (QED) is 0.257. The van der Waals surface area contributed by atoms with Crippen molar-refractivity contribution in [2.75, 3.05) is 13.6 Å². The molecule has 0 radical (unpaired) electrons. The van der Waals surface area contributed by atoms with Crippen molar-refractivity contribution in [3.63, 3.8) is 0 Å². The molecule has 0 spiro atoms. The van der Waals surface area contributed by atoms with E-state index >= 15 is 0 Å². The summed E-state index contributed by atoms with van der Waals surface area (Å²) in [6.45, 7) is 5.81. The lowest BCUT2D eigenvalue weighted by Gasteiger charge is -2.16. The van der Waals surface area contributed by atoms with Gasteiger partial charge in [-0.3, -0.25) is 9.79 Å². The predicted molar refractivity (Wildman–Crippen MR) is 137 cm³/mol. The van der Waals surface area contributed by atoms with Crippen LogP contribution in [0.3, 0.4) is 0 Å². The Kier molecular flexibility index (Phi) is 10.3. The molecular weight excluding hydrogens is 428 g/mol. The van der Waals surface area contributed by atoms with Gasteiger partial charge in [0.25, 0.3) is 0 Å². The number of hydrogen-bond donors (Lipinski definition) is 2. The van der Waals surface area contributed by atoms with E-state index in [2.05, 4.69) is 10.3 Å². The van der Waals surface area contributed by atoms with Gasteiger partial charge in [-0.25, -0.2) is 4.79 Å². The van der Waals surface area contributed by atoms with Crippen LogP contribution in [-0.4, -0.2) is 36.2 Å². The first-order valence-electron chi connectivity index (χ1n) is 10.9. The van der Waals surface area contributed by atoms with E-state index in [0.29, 0.717) is 5.57 Å². The Hall–Kier alpha value is -4.19. The zero-order chi connectivity index (χ0) is 24.9. The Morgan fingerprint density at radius 3 is 1.79 bits per heavy atom. The molecule has 3 aromatic carbocycles. The molecule has 0 heterocycles. The average molecular weight is 459 g/mol. The molecule has 34 heavy (non-hydrogen) atoms. The number of hydrogen-bond acceptors (Lipinski definition) is 5. The number of carboxylic acid groups (broad SMARTS) is 1. The van der Waals surface area contributed by atoms with Gasteiger partial charge < -0.3 is 15.2 Å². The predicted octanol–water partition coefficient (Wildman–Crippen LogP) is 5.71. The van der Waals surface area contributed by atoms with Crippen molar-refractivity contribution in [3.05, 3.63) is 96.1 Å². The standard InChI is InChI=1S/C24H23NO2.C4H7NO2/c1-3-25-24(20-10-6-4-7-11-20)23(18(2)26)19-14-16-22(17-15-19)27-21-12-8-5-9-13-21;1-3(5-2)4(6)7/h4-17,25H,3H2,1-2H3;1-2H3,(H,6,7)/b24-23+;. The van der Waals surface area contributed by atoms with Crippen LogP contribution in [0, 0.1) is 0 Å². The molecule has 0 bridgehead atoms. The summed E-state index contributed by atoms with van der Waals surface area (Å²) in [7, 11) is 1.45. The number of ketones is 1. The van der Waals surface area contributed by atoms with E-state index in [4.69, 9.17) is 9.84 Å². The second-order valence-electron chi connectivity index (χ2n) is 7.26. The van der Waals surface area contributed by atoms with Crippen molar-refractivity contribution in [2.24, 2.45) is 4.99 Å². The van der Waals surface area contributed by atoms with Crippen LogP contribution in [-0.2, 0) is 9.59 Å². The van der Waals surface area contributed by atoms with Crippen LogP contribution < -0.4 is 10.1 Å². The number of aliphatic imine (C=N–C) groups is 1. The Balaban J connectivity index is 0.000000509. The van der Waals surface area contributed by atoms with Crippen LogP contribution >= 0.6 is 0 Å². The minimum absolute atomic E-state index is 0.0199. The Bertz CT molecular complexity index is 1140. The van der Waals surface area contributed by atoms with Gasteiger partial charge in [0.2, 0.25) is 0 Å². The molecule has 2 N–H and O–H groups in total. The number of para-hydroxylation sites is 1. The summed E-state index contributed by atoms with van der Waals surface area (Å²) in [6.07, 6.45) is 0. The Morgan fingerprint density at radius 2 is 1.35 bits per heavy atom. The second-order valence-corrected chi connectivity index (χ2v) is 7.26. The number of carboxylic acids is 1. The normalized spacial score (nSPS) is 11.5. The van der Waals surface area contributed by atoms with E-state index in [1.807, 2.05) is 91.9 Å². The summed E-state index contributed by atoms with van der Waals surface area (Å²) in [6, 6.07) is 27.2. The first-order chi connectivity index (χ1) is 16.4. The Labute approximate surface area is 200 Å². The third-order valence-corrected chi connectivity index (χ3v) is 4.78. The number of carbonyl (C=O) groups is 2. The molecule has 0 saturated heterocycles. The zero-order valence-corrected chi connectivity index (χ0v) is 19.9. The number of rotatable bonds is 8. The summed E-state index contributed by atoms with van der Waals surface area (Å²) in [5.41, 5.74) is 3.52. The maximum atomic E-state index is 12.5. The minimum atomic E-state index is -0.956. The lowest BCUT2D eigenvalue weighted by Crippen LogP contribution is -2.15. The smallest absolute Gasteiger partial charge is 0.349 e. The van der Waals surface area contributed by atoms with Crippen molar-refractivity contribution in [2.45, 2.75) is 20.8 Å². The third-order valence-electron chi connectivity index (χ3n) is 4.78. The maximum Gasteiger partial charge on any atom is 0.349 e. The molecule has 6 nitrogen and oxygen atoms in total. The number of ether oxygens (including phenoxy) is 1. The molecule has 3 rings (SSSR count). The number of carbonyl (C=O) groups excluding carboxylic acids is 1. The van der Waals surface area contributed by atoms with Crippen molar-refractivity contribution in [1.29, 1.82) is 0 Å². The molecule has 0 atom stereocenters. The van der Waals surface area contributed by atoms with E-state index in [-0.39, 0.29) is 11.5 Å². The second kappa shape index (κ2) is 13.4. The van der Waals surface area contributed by atoms with Gasteiger partial charge in [-0.05, 0) is 56.2 Å². The number of nitrogens with zero attached hydrogens (tertiary/aromatic N) is 1. The monoisotopic (exact) mass is 458 g/mol. The summed E-state index contributed by atoms with van der Waals surface area (Å²) >= 11 is 0. The van der Waals surface area contributed by atoms with E-state index in [1.54, 1.807) is 6.92 Å². The van der Waals surface area contributed by atoms with Crippen LogP contribution in [0.1, 0.15) is 31.9 Å². The number of allylic oxidation sites excluding steroid dienone is 1. The van der Waals surface area contributed by atoms with E-state index in [9.17, 15) is 9.59 Å². The van der Waals surface area contributed by atoms with Gasteiger partial charge in [0.1, 0.15) is 17.2 Å². The summed E-state index contributed by atoms with van der Waals surface area (Å²) in [5, 5.41) is 11.4. The first-order valence-corrected chi connectivity index (χ1v) is 10.9. The number of nitrogens with one attached hydrogen (secondary N) is 1. The highest BCUT2D eigenvalue weighted by Gasteiger charge is 2.15. The fourth-order valence-electron chi connectivity index (χ4n) is 3.05. The fourth-order valence-corrected chi connectivity index (χ4v) is 3.05. The Morgan fingerprint density at radius 1 is 0.824 bits per heavy atom. The molecule has 0 unspecified atom stereocenters. The molecule has 0 aliphatic carbocycles. The molecule has 0 aromatic heterocycles. The summed E-state index contributed by atoms with van der Waals surface area (Å²) < 4.78 is 5.85. The molecular formula is C28H30N2O4. The van der Waals surface area contributed by atoms with Gasteiger partial charge >= 0.3 is 5.97 Å². The highest BCUT2D eigenvalue weighted by Crippen LogP contribution is 2.28. The molecule has 0 fully saturated rings. The van der Waals surface area contributed by atoms with Gasteiger partial charge in [0, 0.05) is 19.2 Å². The van der Waals surface area contributed by atoms with Crippen LogP contribution in [0.15, 0.2) is 89.9 Å². The third kappa shape index (κ3) is 7.74. The average Bonchev–Trinajstić information content (AvgIpc) is 2.85. The topological polar surface area (TPSA) is 88.0 Å². The van der Waals surface area contributed by atoms with Gasteiger partial charge in [-0.15, -0.1) is 0 Å². The van der Waals surface area contributed by atoms with Crippen molar-refractivity contribution >= 4 is 28.7 Å². The van der Waals surface area contributed by atoms with Gasteiger partial charge in [0.15, 0.2) is 5.78 Å². The maximum absolute atomic E-state index is 12.5. The highest BCUT2D eigenvalue weighted by atomic mass is 16.5. The molecule has 176 valence electrons. The van der Waals surface area contributed by atoms with Crippen LogP contribution in [0.2, 0.25) is 0 Å². The highest BCUT2D eigenvalue weighted by molar-refractivity contribution is 6.34. The zero-order valence-electron chi connectivity index (χ0n) is 19.9. The van der Waals surface area contributed by atoms with E-state index in [1.165, 1.54) is 14.0 Å².